The van der Waals surface area contributed by atoms with Crippen molar-refractivity contribution < 1.29 is 24.0 Å². The first-order valence-corrected chi connectivity index (χ1v) is 9.65. The van der Waals surface area contributed by atoms with Crippen LogP contribution in [0.3, 0.4) is 0 Å². The predicted octanol–water partition coefficient (Wildman–Crippen LogP) is 0.504. The van der Waals surface area contributed by atoms with Gasteiger partial charge in [0.2, 0.25) is 5.75 Å². The van der Waals surface area contributed by atoms with Gasteiger partial charge in [0.05, 0.1) is 26.9 Å². The van der Waals surface area contributed by atoms with Crippen molar-refractivity contribution >= 4 is 0 Å². The standard InChI is InChI=1S/C22H30N2O3/c1-17-7-5-6-8-18(17)15-23-11-13-24(14-12-23)16-19-9-10-20(25-2)22(27-4)21(19)26-3/h5-10H,11-16H2,1-4H3/p+2. The molecule has 3 rings (SSSR count). The molecule has 1 aliphatic rings. The van der Waals surface area contributed by atoms with Crippen LogP contribution in [0.5, 0.6) is 17.2 Å². The molecule has 27 heavy (non-hydrogen) atoms. The highest BCUT2D eigenvalue weighted by Gasteiger charge is 2.26. The fourth-order valence-corrected chi connectivity index (χ4v) is 3.96. The van der Waals surface area contributed by atoms with Crippen LogP contribution in [-0.2, 0) is 13.1 Å². The normalized spacial score (nSPS) is 19.6. The minimum atomic E-state index is 0.681. The van der Waals surface area contributed by atoms with Crippen LogP contribution in [0.1, 0.15) is 16.7 Å². The molecule has 0 amide bonds. The Morgan fingerprint density at radius 1 is 0.704 bits per heavy atom. The van der Waals surface area contributed by atoms with E-state index in [1.165, 1.54) is 42.9 Å². The number of ether oxygens (including phenoxy) is 3. The average Bonchev–Trinajstić information content (AvgIpc) is 2.70. The number of aryl methyl sites for hydroxylation is 1. The number of quaternary nitrogens is 2. The number of nitrogens with one attached hydrogen (secondary N) is 2. The van der Waals surface area contributed by atoms with Crippen molar-refractivity contribution in [2.45, 2.75) is 20.0 Å². The molecule has 0 aliphatic carbocycles. The van der Waals surface area contributed by atoms with Gasteiger partial charge in [-0.25, -0.2) is 0 Å². The molecule has 0 bridgehead atoms. The van der Waals surface area contributed by atoms with E-state index < -0.39 is 0 Å². The van der Waals surface area contributed by atoms with E-state index in [0.29, 0.717) is 11.5 Å². The van der Waals surface area contributed by atoms with Crippen molar-refractivity contribution in [1.29, 1.82) is 0 Å². The summed E-state index contributed by atoms with van der Waals surface area (Å²) in [5.41, 5.74) is 4.04. The lowest BCUT2D eigenvalue weighted by Crippen LogP contribution is -3.27. The molecule has 0 saturated carbocycles. The van der Waals surface area contributed by atoms with Gasteiger partial charge in [-0.05, 0) is 24.6 Å². The quantitative estimate of drug-likeness (QED) is 0.743. The molecule has 2 aromatic rings. The van der Waals surface area contributed by atoms with Gasteiger partial charge < -0.3 is 24.0 Å². The molecule has 0 aromatic heterocycles. The van der Waals surface area contributed by atoms with Gasteiger partial charge in [0.1, 0.15) is 39.3 Å². The third-order valence-corrected chi connectivity index (χ3v) is 5.59. The summed E-state index contributed by atoms with van der Waals surface area (Å²) < 4.78 is 16.5. The van der Waals surface area contributed by atoms with Crippen LogP contribution in [0.2, 0.25) is 0 Å². The van der Waals surface area contributed by atoms with Gasteiger partial charge in [-0.15, -0.1) is 0 Å². The third-order valence-electron chi connectivity index (χ3n) is 5.59. The second kappa shape index (κ2) is 9.11. The van der Waals surface area contributed by atoms with E-state index in [1.807, 2.05) is 6.07 Å². The first-order chi connectivity index (χ1) is 13.2. The number of benzene rings is 2. The molecule has 0 radical (unpaired) electrons. The van der Waals surface area contributed by atoms with Gasteiger partial charge in [-0.1, -0.05) is 24.3 Å². The second-order valence-corrected chi connectivity index (χ2v) is 7.27. The highest BCUT2D eigenvalue weighted by atomic mass is 16.5. The molecule has 0 unspecified atom stereocenters. The third kappa shape index (κ3) is 4.54. The van der Waals surface area contributed by atoms with E-state index in [-0.39, 0.29) is 0 Å². The van der Waals surface area contributed by atoms with E-state index >= 15 is 0 Å². The maximum atomic E-state index is 5.64. The van der Waals surface area contributed by atoms with Crippen LogP contribution in [0.4, 0.5) is 0 Å². The summed E-state index contributed by atoms with van der Waals surface area (Å²) in [4.78, 5) is 3.27. The summed E-state index contributed by atoms with van der Waals surface area (Å²) in [6.07, 6.45) is 0. The van der Waals surface area contributed by atoms with Crippen LogP contribution in [0, 0.1) is 6.92 Å². The molecule has 1 heterocycles. The first-order valence-electron chi connectivity index (χ1n) is 9.65. The summed E-state index contributed by atoms with van der Waals surface area (Å²) >= 11 is 0. The maximum absolute atomic E-state index is 5.64. The van der Waals surface area contributed by atoms with Crippen molar-refractivity contribution in [3.63, 3.8) is 0 Å². The highest BCUT2D eigenvalue weighted by Crippen LogP contribution is 2.39. The lowest BCUT2D eigenvalue weighted by molar-refractivity contribution is -1.02. The molecule has 5 nitrogen and oxygen atoms in total. The fraction of sp³-hybridized carbons (Fsp3) is 0.455. The predicted molar refractivity (Wildman–Crippen MR) is 106 cm³/mol. The van der Waals surface area contributed by atoms with Crippen LogP contribution in [0.15, 0.2) is 36.4 Å². The van der Waals surface area contributed by atoms with Gasteiger partial charge >= 0.3 is 0 Å². The van der Waals surface area contributed by atoms with Crippen molar-refractivity contribution in [2.24, 2.45) is 0 Å². The Balaban J connectivity index is 1.62. The van der Waals surface area contributed by atoms with Crippen molar-refractivity contribution in [2.75, 3.05) is 47.5 Å². The van der Waals surface area contributed by atoms with Gasteiger partial charge in [-0.2, -0.15) is 0 Å². The average molecular weight is 373 g/mol. The Kier molecular flexibility index (Phi) is 6.58. The molecule has 0 spiro atoms. The summed E-state index contributed by atoms with van der Waals surface area (Å²) in [5.74, 6) is 2.18. The number of hydrogen-bond donors (Lipinski definition) is 2. The number of piperazine rings is 1. The summed E-state index contributed by atoms with van der Waals surface area (Å²) in [7, 11) is 5.00. The first kappa shape index (κ1) is 19.5. The molecule has 1 saturated heterocycles. The van der Waals surface area contributed by atoms with Crippen LogP contribution >= 0.6 is 0 Å². The minimum absolute atomic E-state index is 0.681. The number of hydrogen-bond acceptors (Lipinski definition) is 3. The molecule has 0 atom stereocenters. The Morgan fingerprint density at radius 2 is 1.30 bits per heavy atom. The lowest BCUT2D eigenvalue weighted by atomic mass is 10.1. The van der Waals surface area contributed by atoms with E-state index in [1.54, 1.807) is 31.1 Å². The topological polar surface area (TPSA) is 36.6 Å². The van der Waals surface area contributed by atoms with Crippen LogP contribution < -0.4 is 24.0 Å². The van der Waals surface area contributed by atoms with Crippen molar-refractivity contribution in [1.82, 2.24) is 0 Å². The van der Waals surface area contributed by atoms with Crippen LogP contribution in [0.25, 0.3) is 0 Å². The zero-order valence-electron chi connectivity index (χ0n) is 16.9. The van der Waals surface area contributed by atoms with E-state index in [2.05, 4.69) is 37.3 Å². The monoisotopic (exact) mass is 372 g/mol. The van der Waals surface area contributed by atoms with Crippen molar-refractivity contribution in [3.05, 3.63) is 53.1 Å². The summed E-state index contributed by atoms with van der Waals surface area (Å²) in [6.45, 7) is 9.00. The Bertz CT molecular complexity index is 755. The lowest BCUT2D eigenvalue weighted by Gasteiger charge is -2.30. The Hall–Kier alpha value is -2.24. The van der Waals surface area contributed by atoms with Gasteiger partial charge in [0, 0.05) is 5.56 Å². The molecular formula is C22H32N2O3+2. The SMILES string of the molecule is COc1ccc(C[NH+]2CC[NH+](Cc3ccccc3C)CC2)c(OC)c1OC. The van der Waals surface area contributed by atoms with E-state index in [9.17, 15) is 0 Å². The van der Waals surface area contributed by atoms with Gasteiger partial charge in [0.15, 0.2) is 11.5 Å². The minimum Gasteiger partial charge on any atom is -0.493 e. The van der Waals surface area contributed by atoms with Gasteiger partial charge in [0.25, 0.3) is 0 Å². The van der Waals surface area contributed by atoms with Crippen molar-refractivity contribution in [3.8, 4) is 17.2 Å². The number of rotatable bonds is 7. The number of methoxy groups -OCH3 is 3. The fourth-order valence-electron chi connectivity index (χ4n) is 3.96. The maximum Gasteiger partial charge on any atom is 0.203 e. The second-order valence-electron chi connectivity index (χ2n) is 7.27. The summed E-state index contributed by atoms with van der Waals surface area (Å²) in [5, 5.41) is 0. The molecular weight excluding hydrogens is 340 g/mol. The molecule has 5 heteroatoms. The molecule has 1 fully saturated rings. The van der Waals surface area contributed by atoms with Crippen LogP contribution in [-0.4, -0.2) is 47.5 Å². The Morgan fingerprint density at radius 3 is 1.85 bits per heavy atom. The van der Waals surface area contributed by atoms with E-state index in [0.717, 1.165) is 18.8 Å². The summed E-state index contributed by atoms with van der Waals surface area (Å²) in [6, 6.07) is 12.8. The molecule has 2 aromatic carbocycles. The molecule has 2 N–H and O–H groups in total. The smallest absolute Gasteiger partial charge is 0.203 e. The van der Waals surface area contributed by atoms with E-state index in [4.69, 9.17) is 14.2 Å². The zero-order valence-corrected chi connectivity index (χ0v) is 16.9. The largest absolute Gasteiger partial charge is 0.493 e. The highest BCUT2D eigenvalue weighted by molar-refractivity contribution is 5.55. The zero-order chi connectivity index (χ0) is 19.2. The molecule has 1 aliphatic heterocycles. The van der Waals surface area contributed by atoms with Gasteiger partial charge in [-0.3, -0.25) is 0 Å². The Labute approximate surface area is 162 Å². The molecule has 146 valence electrons.